The molecule has 3 nitrogen and oxygen atoms in total. The van der Waals surface area contributed by atoms with E-state index < -0.39 is 0 Å². The quantitative estimate of drug-likeness (QED) is 0.771. The number of nitrogens with two attached hydrogens (primary N) is 1. The van der Waals surface area contributed by atoms with Crippen molar-refractivity contribution in [3.8, 4) is 0 Å². The summed E-state index contributed by atoms with van der Waals surface area (Å²) in [5, 5.41) is 0.955. The molecular weight excluding hydrogens is 207 g/mol. The van der Waals surface area contributed by atoms with E-state index in [0.717, 1.165) is 28.6 Å². The van der Waals surface area contributed by atoms with E-state index in [-0.39, 0.29) is 11.9 Å². The van der Waals surface area contributed by atoms with Crippen molar-refractivity contribution in [2.45, 2.75) is 12.5 Å². The van der Waals surface area contributed by atoms with Crippen molar-refractivity contribution in [3.63, 3.8) is 0 Å². The van der Waals surface area contributed by atoms with Gasteiger partial charge in [-0.3, -0.25) is 0 Å². The summed E-state index contributed by atoms with van der Waals surface area (Å²) in [5.41, 5.74) is 8.76. The average molecular weight is 220 g/mol. The molecule has 2 heterocycles. The van der Waals surface area contributed by atoms with Crippen molar-refractivity contribution in [3.05, 3.63) is 35.3 Å². The van der Waals surface area contributed by atoms with E-state index in [4.69, 9.17) is 10.5 Å². The van der Waals surface area contributed by atoms with Gasteiger partial charge in [-0.05, 0) is 30.2 Å². The summed E-state index contributed by atoms with van der Waals surface area (Å²) in [6.45, 7) is 1.10. The van der Waals surface area contributed by atoms with E-state index in [1.54, 1.807) is 12.1 Å². The average Bonchev–Trinajstić information content (AvgIpc) is 2.67. The van der Waals surface area contributed by atoms with E-state index in [1.807, 2.05) is 0 Å². The molecule has 84 valence electrons. The van der Waals surface area contributed by atoms with Crippen molar-refractivity contribution < 1.29 is 9.13 Å². The fourth-order valence-electron chi connectivity index (χ4n) is 2.36. The third-order valence-corrected chi connectivity index (χ3v) is 3.11. The minimum absolute atomic E-state index is 0.0841. The second kappa shape index (κ2) is 3.57. The predicted molar refractivity (Wildman–Crippen MR) is 59.7 cm³/mol. The van der Waals surface area contributed by atoms with Crippen molar-refractivity contribution in [1.29, 1.82) is 0 Å². The summed E-state index contributed by atoms with van der Waals surface area (Å²) in [7, 11) is 0. The monoisotopic (exact) mass is 220 g/mol. The normalized spacial score (nSPS) is 20.0. The zero-order chi connectivity index (χ0) is 11.1. The summed E-state index contributed by atoms with van der Waals surface area (Å²) in [6.07, 6.45) is 0.731. The lowest BCUT2D eigenvalue weighted by atomic mass is 10.0. The first-order chi connectivity index (χ1) is 7.79. The first kappa shape index (κ1) is 9.81. The molecule has 0 fully saturated rings. The Labute approximate surface area is 92.4 Å². The number of rotatable bonds is 1. The number of benzene rings is 1. The van der Waals surface area contributed by atoms with Crippen LogP contribution in [-0.4, -0.2) is 18.1 Å². The zero-order valence-corrected chi connectivity index (χ0v) is 8.79. The Balaban J connectivity index is 2.24. The minimum Gasteiger partial charge on any atom is -0.370 e. The molecule has 3 rings (SSSR count). The molecule has 0 radical (unpaired) electrons. The molecule has 1 aliphatic rings. The van der Waals surface area contributed by atoms with Crippen LogP contribution in [0.2, 0.25) is 0 Å². The van der Waals surface area contributed by atoms with Crippen molar-refractivity contribution >= 4 is 10.9 Å². The maximum Gasteiger partial charge on any atom is 0.123 e. The lowest BCUT2D eigenvalue weighted by Gasteiger charge is -2.21. The number of H-pyrrole nitrogens is 1. The second-order valence-electron chi connectivity index (χ2n) is 4.05. The predicted octanol–water partition coefficient (Wildman–Crippen LogP) is 1.88. The largest absolute Gasteiger partial charge is 0.370 e. The first-order valence-corrected chi connectivity index (χ1v) is 5.41. The highest BCUT2D eigenvalue weighted by Crippen LogP contribution is 2.32. The van der Waals surface area contributed by atoms with Crippen LogP contribution in [-0.2, 0) is 11.2 Å². The van der Waals surface area contributed by atoms with Gasteiger partial charge < -0.3 is 15.5 Å². The summed E-state index contributed by atoms with van der Waals surface area (Å²) < 4.78 is 18.8. The molecule has 2 aromatic rings. The maximum absolute atomic E-state index is 13.2. The molecule has 1 aliphatic heterocycles. The zero-order valence-electron chi connectivity index (χ0n) is 8.79. The highest BCUT2D eigenvalue weighted by Gasteiger charge is 2.23. The molecule has 0 saturated heterocycles. The Bertz CT molecular complexity index is 535. The molecule has 0 spiro atoms. The summed E-state index contributed by atoms with van der Waals surface area (Å²) >= 11 is 0. The SMILES string of the molecule is NCC1OCCc2c1[nH]c1ccc(F)cc21. The number of hydrogen-bond donors (Lipinski definition) is 2. The van der Waals surface area contributed by atoms with Crippen LogP contribution in [0.1, 0.15) is 17.4 Å². The van der Waals surface area contributed by atoms with Crippen LogP contribution in [0, 0.1) is 5.82 Å². The molecular formula is C12H13FN2O. The van der Waals surface area contributed by atoms with E-state index >= 15 is 0 Å². The summed E-state index contributed by atoms with van der Waals surface area (Å²) in [6, 6.07) is 4.79. The van der Waals surface area contributed by atoms with Gasteiger partial charge in [-0.25, -0.2) is 4.39 Å². The molecule has 1 unspecified atom stereocenters. The van der Waals surface area contributed by atoms with Crippen LogP contribution in [0.4, 0.5) is 4.39 Å². The molecule has 16 heavy (non-hydrogen) atoms. The topological polar surface area (TPSA) is 51.0 Å². The Kier molecular flexibility index (Phi) is 2.19. The lowest BCUT2D eigenvalue weighted by Crippen LogP contribution is -2.22. The number of nitrogens with one attached hydrogen (secondary N) is 1. The van der Waals surface area contributed by atoms with Crippen LogP contribution in [0.25, 0.3) is 10.9 Å². The molecule has 0 saturated carbocycles. The highest BCUT2D eigenvalue weighted by molar-refractivity contribution is 5.85. The van der Waals surface area contributed by atoms with Crippen LogP contribution in [0.5, 0.6) is 0 Å². The van der Waals surface area contributed by atoms with Gasteiger partial charge in [0.05, 0.1) is 6.61 Å². The maximum atomic E-state index is 13.2. The summed E-state index contributed by atoms with van der Waals surface area (Å²) in [4.78, 5) is 3.27. The van der Waals surface area contributed by atoms with Crippen LogP contribution < -0.4 is 5.73 Å². The van der Waals surface area contributed by atoms with E-state index in [9.17, 15) is 4.39 Å². The number of ether oxygens (including phenoxy) is 1. The third kappa shape index (κ3) is 1.34. The number of aromatic amines is 1. The number of fused-ring (bicyclic) bond motifs is 3. The lowest BCUT2D eigenvalue weighted by molar-refractivity contribution is 0.0463. The Morgan fingerprint density at radius 3 is 3.19 bits per heavy atom. The number of halogens is 1. The molecule has 0 aliphatic carbocycles. The van der Waals surface area contributed by atoms with Crippen LogP contribution in [0.3, 0.4) is 0 Å². The van der Waals surface area contributed by atoms with E-state index in [1.165, 1.54) is 6.07 Å². The van der Waals surface area contributed by atoms with Gasteiger partial charge >= 0.3 is 0 Å². The third-order valence-electron chi connectivity index (χ3n) is 3.11. The van der Waals surface area contributed by atoms with Gasteiger partial charge in [-0.1, -0.05) is 0 Å². The number of aromatic nitrogens is 1. The molecule has 1 aromatic heterocycles. The Morgan fingerprint density at radius 1 is 1.50 bits per heavy atom. The smallest absolute Gasteiger partial charge is 0.123 e. The number of hydrogen-bond acceptors (Lipinski definition) is 2. The molecule has 0 bridgehead atoms. The second-order valence-corrected chi connectivity index (χ2v) is 4.05. The Hall–Kier alpha value is -1.39. The van der Waals surface area contributed by atoms with E-state index in [2.05, 4.69) is 4.98 Å². The van der Waals surface area contributed by atoms with Crippen molar-refractivity contribution in [2.24, 2.45) is 5.73 Å². The van der Waals surface area contributed by atoms with Gasteiger partial charge in [0, 0.05) is 23.1 Å². The molecule has 1 atom stereocenters. The molecule has 4 heteroatoms. The highest BCUT2D eigenvalue weighted by atomic mass is 19.1. The minimum atomic E-state index is -0.204. The molecule has 0 amide bonds. The van der Waals surface area contributed by atoms with Gasteiger partial charge in [0.15, 0.2) is 0 Å². The van der Waals surface area contributed by atoms with Gasteiger partial charge in [0.2, 0.25) is 0 Å². The van der Waals surface area contributed by atoms with Crippen LogP contribution >= 0.6 is 0 Å². The fraction of sp³-hybridized carbons (Fsp3) is 0.333. The first-order valence-electron chi connectivity index (χ1n) is 5.41. The molecule has 1 aromatic carbocycles. The van der Waals surface area contributed by atoms with Gasteiger partial charge in [-0.15, -0.1) is 0 Å². The van der Waals surface area contributed by atoms with Crippen molar-refractivity contribution in [2.75, 3.05) is 13.2 Å². The van der Waals surface area contributed by atoms with Gasteiger partial charge in [-0.2, -0.15) is 0 Å². The van der Waals surface area contributed by atoms with Gasteiger partial charge in [0.1, 0.15) is 11.9 Å². The molecule has 3 N–H and O–H groups in total. The van der Waals surface area contributed by atoms with Gasteiger partial charge in [0.25, 0.3) is 0 Å². The standard InChI is InChI=1S/C12H13FN2O/c13-7-1-2-10-9(5-7)8-3-4-16-11(6-14)12(8)15-10/h1-2,5,11,15H,3-4,6,14H2. The van der Waals surface area contributed by atoms with E-state index in [0.29, 0.717) is 13.2 Å². The van der Waals surface area contributed by atoms with Crippen molar-refractivity contribution in [1.82, 2.24) is 4.98 Å². The van der Waals surface area contributed by atoms with Crippen LogP contribution in [0.15, 0.2) is 18.2 Å². The summed E-state index contributed by atoms with van der Waals surface area (Å²) in [5.74, 6) is -0.204. The Morgan fingerprint density at radius 2 is 2.38 bits per heavy atom. The fourth-order valence-corrected chi connectivity index (χ4v) is 2.36.